The Balaban J connectivity index is 2.93. The highest BCUT2D eigenvalue weighted by Crippen LogP contribution is 2.36. The number of nitrogens with zero attached hydrogens (tertiary/aromatic N) is 1. The summed E-state index contributed by atoms with van der Waals surface area (Å²) in [6.07, 6.45) is 3.61. The molecule has 6 heteroatoms. The molecule has 0 spiro atoms. The molecule has 0 bridgehead atoms. The Kier molecular flexibility index (Phi) is 6.74. The fraction of sp³-hybridized carbons (Fsp3) is 0.867. The van der Waals surface area contributed by atoms with Crippen LogP contribution in [0.4, 0.5) is 4.79 Å². The van der Waals surface area contributed by atoms with Crippen LogP contribution in [0.25, 0.3) is 0 Å². The predicted molar refractivity (Wildman–Crippen MR) is 89.7 cm³/mol. The zero-order chi connectivity index (χ0) is 16.1. The molecule has 0 aliphatic carbocycles. The Morgan fingerprint density at radius 2 is 1.95 bits per heavy atom. The summed E-state index contributed by atoms with van der Waals surface area (Å²) in [5.74, 6) is -0.320. The Morgan fingerprint density at radius 1 is 1.29 bits per heavy atom. The standard InChI is InChI=1S/C15H26INO4/c1-14(2,3)21-13(19)17-11-7-9-15(17,12(18)20-4)8-5-6-10-16/h5-11H2,1-4H3. The van der Waals surface area contributed by atoms with Gasteiger partial charge in [0.1, 0.15) is 11.1 Å². The molecule has 0 saturated carbocycles. The number of unbranched alkanes of at least 4 members (excludes halogenated alkanes) is 1. The second-order valence-corrected chi connectivity index (χ2v) is 7.48. The molecule has 1 aliphatic heterocycles. The van der Waals surface area contributed by atoms with Crippen molar-refractivity contribution in [3.63, 3.8) is 0 Å². The number of hydrogen-bond donors (Lipinski definition) is 0. The van der Waals surface area contributed by atoms with E-state index in [2.05, 4.69) is 22.6 Å². The molecule has 122 valence electrons. The van der Waals surface area contributed by atoms with Crippen molar-refractivity contribution < 1.29 is 19.1 Å². The first-order valence-corrected chi connectivity index (χ1v) is 8.94. The number of alkyl halides is 1. The van der Waals surface area contributed by atoms with Crippen molar-refractivity contribution in [1.82, 2.24) is 4.90 Å². The van der Waals surface area contributed by atoms with Crippen molar-refractivity contribution in [1.29, 1.82) is 0 Å². The van der Waals surface area contributed by atoms with Gasteiger partial charge >= 0.3 is 12.1 Å². The van der Waals surface area contributed by atoms with Gasteiger partial charge in [-0.3, -0.25) is 4.90 Å². The number of rotatable bonds is 5. The average Bonchev–Trinajstić information content (AvgIpc) is 2.81. The molecule has 1 aliphatic rings. The first-order chi connectivity index (χ1) is 9.77. The molecule has 0 aromatic rings. The zero-order valence-electron chi connectivity index (χ0n) is 13.4. The van der Waals surface area contributed by atoms with Crippen LogP contribution in [0, 0.1) is 0 Å². The molecule has 1 unspecified atom stereocenters. The number of methoxy groups -OCH3 is 1. The summed E-state index contributed by atoms with van der Waals surface area (Å²) >= 11 is 2.32. The summed E-state index contributed by atoms with van der Waals surface area (Å²) in [6.45, 7) is 6.04. The monoisotopic (exact) mass is 411 g/mol. The molecule has 1 saturated heterocycles. The van der Waals surface area contributed by atoms with E-state index in [1.807, 2.05) is 20.8 Å². The predicted octanol–water partition coefficient (Wildman–Crippen LogP) is 3.53. The van der Waals surface area contributed by atoms with Crippen molar-refractivity contribution in [2.75, 3.05) is 18.1 Å². The Bertz CT molecular complexity index is 380. The van der Waals surface area contributed by atoms with Gasteiger partial charge in [-0.2, -0.15) is 0 Å². The summed E-state index contributed by atoms with van der Waals surface area (Å²) in [6, 6.07) is 0. The first-order valence-electron chi connectivity index (χ1n) is 7.42. The number of carbonyl (C=O) groups is 2. The van der Waals surface area contributed by atoms with E-state index in [1.54, 1.807) is 4.90 Å². The van der Waals surface area contributed by atoms with Gasteiger partial charge in [-0.1, -0.05) is 22.6 Å². The van der Waals surface area contributed by atoms with Gasteiger partial charge in [-0.25, -0.2) is 9.59 Å². The van der Waals surface area contributed by atoms with Gasteiger partial charge in [0.2, 0.25) is 0 Å². The van der Waals surface area contributed by atoms with Crippen LogP contribution in [0.15, 0.2) is 0 Å². The second-order valence-electron chi connectivity index (χ2n) is 6.40. The lowest BCUT2D eigenvalue weighted by Gasteiger charge is -2.36. The molecule has 1 fully saturated rings. The zero-order valence-corrected chi connectivity index (χ0v) is 15.6. The highest BCUT2D eigenvalue weighted by Gasteiger charge is 2.51. The number of amides is 1. The number of hydrogen-bond acceptors (Lipinski definition) is 4. The van der Waals surface area contributed by atoms with Crippen molar-refractivity contribution in [2.45, 2.75) is 64.0 Å². The van der Waals surface area contributed by atoms with Crippen molar-refractivity contribution in [3.8, 4) is 0 Å². The van der Waals surface area contributed by atoms with Crippen molar-refractivity contribution >= 4 is 34.7 Å². The normalized spacial score (nSPS) is 22.2. The highest BCUT2D eigenvalue weighted by atomic mass is 127. The number of carbonyl (C=O) groups excluding carboxylic acids is 2. The van der Waals surface area contributed by atoms with Gasteiger partial charge in [0.25, 0.3) is 0 Å². The van der Waals surface area contributed by atoms with E-state index in [0.29, 0.717) is 19.4 Å². The molecular formula is C15H26INO4. The third-order valence-electron chi connectivity index (χ3n) is 3.64. The van der Waals surface area contributed by atoms with Gasteiger partial charge in [0.15, 0.2) is 0 Å². The lowest BCUT2D eigenvalue weighted by molar-refractivity contribution is -0.153. The molecule has 5 nitrogen and oxygen atoms in total. The average molecular weight is 411 g/mol. The van der Waals surface area contributed by atoms with E-state index < -0.39 is 17.2 Å². The van der Waals surface area contributed by atoms with E-state index in [4.69, 9.17) is 9.47 Å². The van der Waals surface area contributed by atoms with E-state index in [0.717, 1.165) is 23.7 Å². The van der Waals surface area contributed by atoms with Gasteiger partial charge in [-0.15, -0.1) is 0 Å². The summed E-state index contributed by atoms with van der Waals surface area (Å²) in [5, 5.41) is 0. The minimum absolute atomic E-state index is 0.320. The van der Waals surface area contributed by atoms with Crippen LogP contribution >= 0.6 is 22.6 Å². The third-order valence-corrected chi connectivity index (χ3v) is 4.40. The van der Waals surface area contributed by atoms with Gasteiger partial charge < -0.3 is 9.47 Å². The number of halogens is 1. The van der Waals surface area contributed by atoms with E-state index in [9.17, 15) is 9.59 Å². The molecule has 1 amide bonds. The Morgan fingerprint density at radius 3 is 2.48 bits per heavy atom. The minimum atomic E-state index is -0.844. The van der Waals surface area contributed by atoms with Crippen LogP contribution in [0.1, 0.15) is 52.9 Å². The molecule has 1 heterocycles. The molecule has 0 radical (unpaired) electrons. The summed E-state index contributed by atoms with van der Waals surface area (Å²) in [7, 11) is 1.38. The molecule has 0 aromatic heterocycles. The van der Waals surface area contributed by atoms with Crippen LogP contribution in [0.3, 0.4) is 0 Å². The third kappa shape index (κ3) is 4.72. The lowest BCUT2D eigenvalue weighted by atomic mass is 9.90. The number of esters is 1. The van der Waals surface area contributed by atoms with Crippen LogP contribution in [0.5, 0.6) is 0 Å². The summed E-state index contributed by atoms with van der Waals surface area (Å²) < 4.78 is 11.5. The maximum atomic E-state index is 12.4. The van der Waals surface area contributed by atoms with Gasteiger partial charge in [0.05, 0.1) is 7.11 Å². The molecule has 21 heavy (non-hydrogen) atoms. The van der Waals surface area contributed by atoms with E-state index in [-0.39, 0.29) is 5.97 Å². The fourth-order valence-corrected chi connectivity index (χ4v) is 3.28. The van der Waals surface area contributed by atoms with Gasteiger partial charge in [-0.05, 0) is 57.3 Å². The Hall–Kier alpha value is -0.530. The lowest BCUT2D eigenvalue weighted by Crippen LogP contribution is -2.54. The topological polar surface area (TPSA) is 55.8 Å². The molecular weight excluding hydrogens is 385 g/mol. The van der Waals surface area contributed by atoms with Gasteiger partial charge in [0, 0.05) is 6.54 Å². The second kappa shape index (κ2) is 7.65. The fourth-order valence-electron chi connectivity index (χ4n) is 2.74. The van der Waals surface area contributed by atoms with Crippen LogP contribution < -0.4 is 0 Å². The largest absolute Gasteiger partial charge is 0.467 e. The SMILES string of the molecule is COC(=O)C1(CCCCI)CCCN1C(=O)OC(C)(C)C. The smallest absolute Gasteiger partial charge is 0.411 e. The summed E-state index contributed by atoms with van der Waals surface area (Å²) in [5.41, 5.74) is -1.41. The van der Waals surface area contributed by atoms with Crippen molar-refractivity contribution in [2.24, 2.45) is 0 Å². The van der Waals surface area contributed by atoms with E-state index >= 15 is 0 Å². The Labute approximate surface area is 140 Å². The minimum Gasteiger partial charge on any atom is -0.467 e. The summed E-state index contributed by atoms with van der Waals surface area (Å²) in [4.78, 5) is 26.3. The van der Waals surface area contributed by atoms with E-state index in [1.165, 1.54) is 7.11 Å². The molecule has 0 N–H and O–H groups in total. The maximum Gasteiger partial charge on any atom is 0.411 e. The van der Waals surface area contributed by atoms with Crippen molar-refractivity contribution in [3.05, 3.63) is 0 Å². The number of likely N-dealkylation sites (tertiary alicyclic amines) is 1. The van der Waals surface area contributed by atoms with Crippen LogP contribution in [0.2, 0.25) is 0 Å². The molecule has 1 rings (SSSR count). The quantitative estimate of drug-likeness (QED) is 0.301. The maximum absolute atomic E-state index is 12.4. The van der Waals surface area contributed by atoms with Crippen LogP contribution in [-0.2, 0) is 14.3 Å². The molecule has 0 aromatic carbocycles. The highest BCUT2D eigenvalue weighted by molar-refractivity contribution is 14.1. The van der Waals surface area contributed by atoms with Crippen LogP contribution in [-0.4, -0.2) is 46.2 Å². The molecule has 1 atom stereocenters. The first kappa shape index (κ1) is 18.5. The number of ether oxygens (including phenoxy) is 2.